The van der Waals surface area contributed by atoms with E-state index < -0.39 is 0 Å². The van der Waals surface area contributed by atoms with Gasteiger partial charge in [0.05, 0.1) is 6.54 Å². The minimum atomic E-state index is 0.705. The number of rotatable bonds is 3. The van der Waals surface area contributed by atoms with Crippen molar-refractivity contribution in [1.29, 1.82) is 0 Å². The lowest BCUT2D eigenvalue weighted by atomic mass is 10.4. The van der Waals surface area contributed by atoms with Crippen molar-refractivity contribution < 1.29 is 0 Å². The Hall–Kier alpha value is -1.84. The van der Waals surface area contributed by atoms with E-state index in [2.05, 4.69) is 20.3 Å². The number of imidazole rings is 1. The minimum Gasteiger partial charge on any atom is -0.378 e. The predicted molar refractivity (Wildman–Crippen MR) is 50.2 cm³/mol. The molecule has 2 aromatic heterocycles. The van der Waals surface area contributed by atoms with Crippen LogP contribution in [-0.2, 0) is 6.54 Å². The molecule has 2 aromatic rings. The van der Waals surface area contributed by atoms with Gasteiger partial charge in [0.15, 0.2) is 0 Å². The standard InChI is InChI=1S/C9H10N4/c1-3-10-4-2-8(1)13-7-9-11-5-6-12-9/h1-6H,7H2,(H,10,13)(H,11,12). The number of anilines is 1. The Morgan fingerprint density at radius 1 is 1.23 bits per heavy atom. The smallest absolute Gasteiger partial charge is 0.125 e. The molecule has 0 radical (unpaired) electrons. The highest BCUT2D eigenvalue weighted by Gasteiger charge is 1.93. The van der Waals surface area contributed by atoms with Crippen molar-refractivity contribution in [3.8, 4) is 0 Å². The van der Waals surface area contributed by atoms with E-state index in [1.807, 2.05) is 18.3 Å². The average molecular weight is 174 g/mol. The van der Waals surface area contributed by atoms with E-state index in [-0.39, 0.29) is 0 Å². The van der Waals surface area contributed by atoms with Gasteiger partial charge in [0.1, 0.15) is 5.82 Å². The topological polar surface area (TPSA) is 53.6 Å². The van der Waals surface area contributed by atoms with E-state index in [9.17, 15) is 0 Å². The monoisotopic (exact) mass is 174 g/mol. The van der Waals surface area contributed by atoms with Crippen LogP contribution in [0.25, 0.3) is 0 Å². The van der Waals surface area contributed by atoms with Gasteiger partial charge in [0.2, 0.25) is 0 Å². The molecule has 13 heavy (non-hydrogen) atoms. The molecule has 4 nitrogen and oxygen atoms in total. The first-order valence-corrected chi connectivity index (χ1v) is 4.07. The van der Waals surface area contributed by atoms with Crippen molar-refractivity contribution in [1.82, 2.24) is 15.0 Å². The summed E-state index contributed by atoms with van der Waals surface area (Å²) in [5.41, 5.74) is 1.05. The largest absolute Gasteiger partial charge is 0.378 e. The van der Waals surface area contributed by atoms with Crippen molar-refractivity contribution in [3.05, 3.63) is 42.7 Å². The molecule has 0 aromatic carbocycles. The van der Waals surface area contributed by atoms with Crippen LogP contribution in [0.4, 0.5) is 5.69 Å². The summed E-state index contributed by atoms with van der Waals surface area (Å²) in [4.78, 5) is 11.0. The van der Waals surface area contributed by atoms with Gasteiger partial charge < -0.3 is 10.3 Å². The predicted octanol–water partition coefficient (Wildman–Crippen LogP) is 1.42. The molecule has 0 unspecified atom stereocenters. The highest BCUT2D eigenvalue weighted by molar-refractivity contribution is 5.40. The van der Waals surface area contributed by atoms with E-state index in [1.54, 1.807) is 18.6 Å². The summed E-state index contributed by atoms with van der Waals surface area (Å²) in [6.45, 7) is 0.705. The van der Waals surface area contributed by atoms with Gasteiger partial charge in [-0.1, -0.05) is 0 Å². The van der Waals surface area contributed by atoms with Crippen LogP contribution in [0.15, 0.2) is 36.9 Å². The van der Waals surface area contributed by atoms with Gasteiger partial charge in [0.25, 0.3) is 0 Å². The lowest BCUT2D eigenvalue weighted by Crippen LogP contribution is -2.00. The quantitative estimate of drug-likeness (QED) is 0.739. The summed E-state index contributed by atoms with van der Waals surface area (Å²) < 4.78 is 0. The Balaban J connectivity index is 1.94. The summed E-state index contributed by atoms with van der Waals surface area (Å²) in [5.74, 6) is 0.928. The Bertz CT molecular complexity index is 341. The second-order valence-electron chi connectivity index (χ2n) is 2.63. The van der Waals surface area contributed by atoms with Gasteiger partial charge >= 0.3 is 0 Å². The van der Waals surface area contributed by atoms with Crippen LogP contribution >= 0.6 is 0 Å². The van der Waals surface area contributed by atoms with E-state index >= 15 is 0 Å². The van der Waals surface area contributed by atoms with Gasteiger partial charge in [-0.15, -0.1) is 0 Å². The van der Waals surface area contributed by atoms with E-state index in [4.69, 9.17) is 0 Å². The van der Waals surface area contributed by atoms with E-state index in [0.29, 0.717) is 6.54 Å². The number of aromatic amines is 1. The van der Waals surface area contributed by atoms with Crippen molar-refractivity contribution in [2.45, 2.75) is 6.54 Å². The third-order valence-electron chi connectivity index (χ3n) is 1.70. The second kappa shape index (κ2) is 3.71. The highest BCUT2D eigenvalue weighted by Crippen LogP contribution is 2.04. The number of H-pyrrole nitrogens is 1. The fraction of sp³-hybridized carbons (Fsp3) is 0.111. The van der Waals surface area contributed by atoms with Crippen LogP contribution in [0.1, 0.15) is 5.82 Å². The van der Waals surface area contributed by atoms with E-state index in [1.165, 1.54) is 0 Å². The Labute approximate surface area is 76.1 Å². The zero-order valence-electron chi connectivity index (χ0n) is 7.07. The lowest BCUT2D eigenvalue weighted by Gasteiger charge is -2.02. The number of aromatic nitrogens is 3. The summed E-state index contributed by atoms with van der Waals surface area (Å²) in [6.07, 6.45) is 7.06. The molecule has 0 amide bonds. The molecule has 66 valence electrons. The number of pyridine rings is 1. The molecule has 2 heterocycles. The number of nitrogens with one attached hydrogen (secondary N) is 2. The summed E-state index contributed by atoms with van der Waals surface area (Å²) in [6, 6.07) is 3.84. The van der Waals surface area contributed by atoms with Crippen molar-refractivity contribution in [2.75, 3.05) is 5.32 Å². The molecule has 0 bridgehead atoms. The van der Waals surface area contributed by atoms with Gasteiger partial charge in [-0.05, 0) is 12.1 Å². The van der Waals surface area contributed by atoms with Gasteiger partial charge in [0, 0.05) is 30.5 Å². The molecule has 0 aliphatic carbocycles. The molecule has 2 rings (SSSR count). The summed E-state index contributed by atoms with van der Waals surface area (Å²) in [7, 11) is 0. The van der Waals surface area contributed by atoms with Gasteiger partial charge in [-0.25, -0.2) is 4.98 Å². The maximum atomic E-state index is 4.10. The van der Waals surface area contributed by atoms with Crippen molar-refractivity contribution in [2.24, 2.45) is 0 Å². The third kappa shape index (κ3) is 2.05. The zero-order chi connectivity index (χ0) is 8.93. The lowest BCUT2D eigenvalue weighted by molar-refractivity contribution is 0.999. The molecule has 4 heteroatoms. The Morgan fingerprint density at radius 2 is 2.08 bits per heavy atom. The molecular weight excluding hydrogens is 164 g/mol. The van der Waals surface area contributed by atoms with Crippen LogP contribution in [0.3, 0.4) is 0 Å². The molecule has 2 N–H and O–H groups in total. The fourth-order valence-corrected chi connectivity index (χ4v) is 1.05. The number of nitrogens with zero attached hydrogens (tertiary/aromatic N) is 2. The molecule has 0 spiro atoms. The molecule has 0 atom stereocenters. The van der Waals surface area contributed by atoms with Crippen molar-refractivity contribution in [3.63, 3.8) is 0 Å². The van der Waals surface area contributed by atoms with Crippen LogP contribution in [0.2, 0.25) is 0 Å². The molecular formula is C9H10N4. The first kappa shape index (κ1) is 7.79. The first-order chi connectivity index (χ1) is 6.45. The Kier molecular flexibility index (Phi) is 2.22. The summed E-state index contributed by atoms with van der Waals surface area (Å²) in [5, 5.41) is 3.21. The maximum absolute atomic E-state index is 4.10. The van der Waals surface area contributed by atoms with Gasteiger partial charge in [-0.2, -0.15) is 0 Å². The molecule has 0 fully saturated rings. The Morgan fingerprint density at radius 3 is 2.77 bits per heavy atom. The van der Waals surface area contributed by atoms with Crippen LogP contribution in [0, 0.1) is 0 Å². The van der Waals surface area contributed by atoms with Crippen LogP contribution < -0.4 is 5.32 Å². The molecule has 0 saturated heterocycles. The summed E-state index contributed by atoms with van der Waals surface area (Å²) >= 11 is 0. The molecule has 0 aliphatic rings. The maximum Gasteiger partial charge on any atom is 0.125 e. The second-order valence-corrected chi connectivity index (χ2v) is 2.63. The van der Waals surface area contributed by atoms with Crippen molar-refractivity contribution >= 4 is 5.69 Å². The SMILES string of the molecule is c1cc(NCc2ncc[nH]2)ccn1. The van der Waals surface area contributed by atoms with E-state index in [0.717, 1.165) is 11.5 Å². The molecule has 0 saturated carbocycles. The highest BCUT2D eigenvalue weighted by atomic mass is 15.0. The van der Waals surface area contributed by atoms with Crippen LogP contribution in [0.5, 0.6) is 0 Å². The normalized spacial score (nSPS) is 9.85. The average Bonchev–Trinajstić information content (AvgIpc) is 2.69. The van der Waals surface area contributed by atoms with Crippen LogP contribution in [-0.4, -0.2) is 15.0 Å². The first-order valence-electron chi connectivity index (χ1n) is 4.07. The van der Waals surface area contributed by atoms with Gasteiger partial charge in [-0.3, -0.25) is 4.98 Å². The fourth-order valence-electron chi connectivity index (χ4n) is 1.05. The number of hydrogen-bond acceptors (Lipinski definition) is 3. The number of hydrogen-bond donors (Lipinski definition) is 2. The third-order valence-corrected chi connectivity index (χ3v) is 1.70. The minimum absolute atomic E-state index is 0.705. The molecule has 0 aliphatic heterocycles. The zero-order valence-corrected chi connectivity index (χ0v) is 7.07.